The topological polar surface area (TPSA) is 26.0 Å². The van der Waals surface area contributed by atoms with Crippen LogP contribution in [0.4, 0.5) is 13.2 Å². The van der Waals surface area contributed by atoms with Crippen molar-refractivity contribution < 1.29 is 13.2 Å². The van der Waals surface area contributed by atoms with Gasteiger partial charge < -0.3 is 5.73 Å². The van der Waals surface area contributed by atoms with E-state index in [1.54, 1.807) is 0 Å². The second-order valence-corrected chi connectivity index (χ2v) is 2.76. The van der Waals surface area contributed by atoms with Gasteiger partial charge in [0.15, 0.2) is 0 Å². The van der Waals surface area contributed by atoms with Crippen LogP contribution in [-0.2, 0) is 0 Å². The maximum absolute atomic E-state index is 11.8. The minimum atomic E-state index is -4.19. The van der Waals surface area contributed by atoms with Gasteiger partial charge in [-0.05, 0) is 18.8 Å². The van der Waals surface area contributed by atoms with Crippen LogP contribution < -0.4 is 5.73 Å². The second-order valence-electron chi connectivity index (χ2n) is 2.76. The Morgan fingerprint density at radius 1 is 1.30 bits per heavy atom. The summed E-state index contributed by atoms with van der Waals surface area (Å²) >= 11 is 0. The molecule has 0 radical (unpaired) electrons. The fraction of sp³-hybridized carbons (Fsp3) is 1.00. The molecule has 1 nitrogen and oxygen atoms in total. The van der Waals surface area contributed by atoms with Crippen LogP contribution in [0, 0.1) is 5.92 Å². The average Bonchev–Trinajstić information content (AvgIpc) is 1.57. The van der Waals surface area contributed by atoms with E-state index in [9.17, 15) is 13.2 Å². The third kappa shape index (κ3) is 1.42. The van der Waals surface area contributed by atoms with Crippen LogP contribution in [0.3, 0.4) is 0 Å². The zero-order valence-electron chi connectivity index (χ0n) is 5.49. The first-order chi connectivity index (χ1) is 4.52. The Kier molecular flexibility index (Phi) is 1.90. The molecular weight excluding hydrogens is 143 g/mol. The predicted octanol–water partition coefficient (Wildman–Crippen LogP) is 1.68. The highest BCUT2D eigenvalue weighted by Gasteiger charge is 2.43. The molecule has 0 spiro atoms. The lowest BCUT2D eigenvalue weighted by molar-refractivity contribution is -0.164. The van der Waals surface area contributed by atoms with Gasteiger partial charge in [0.1, 0.15) is 6.04 Å². The van der Waals surface area contributed by atoms with Crippen LogP contribution in [0.25, 0.3) is 0 Å². The van der Waals surface area contributed by atoms with Crippen molar-refractivity contribution in [2.24, 2.45) is 11.7 Å². The standard InChI is InChI=1S/C6H10F3N/c7-6(8,9)5(10)4-2-1-3-4/h4-5H,1-3,10H2. The molecule has 4 heteroatoms. The molecular formula is C6H10F3N. The zero-order valence-corrected chi connectivity index (χ0v) is 5.49. The van der Waals surface area contributed by atoms with Crippen molar-refractivity contribution in [1.82, 2.24) is 0 Å². The lowest BCUT2D eigenvalue weighted by atomic mass is 9.80. The second kappa shape index (κ2) is 2.42. The third-order valence-electron chi connectivity index (χ3n) is 2.04. The summed E-state index contributed by atoms with van der Waals surface area (Å²) in [5.41, 5.74) is 4.93. The van der Waals surface area contributed by atoms with E-state index in [0.717, 1.165) is 6.42 Å². The Labute approximate surface area is 57.4 Å². The summed E-state index contributed by atoms with van der Waals surface area (Å²) in [5.74, 6) is -0.306. The summed E-state index contributed by atoms with van der Waals surface area (Å²) in [4.78, 5) is 0. The van der Waals surface area contributed by atoms with E-state index in [-0.39, 0.29) is 5.92 Å². The van der Waals surface area contributed by atoms with E-state index in [0.29, 0.717) is 12.8 Å². The van der Waals surface area contributed by atoms with Gasteiger partial charge in [-0.25, -0.2) is 0 Å². The van der Waals surface area contributed by atoms with Gasteiger partial charge in [-0.3, -0.25) is 0 Å². The van der Waals surface area contributed by atoms with Crippen LogP contribution in [0.5, 0.6) is 0 Å². The molecule has 60 valence electrons. The van der Waals surface area contributed by atoms with Crippen molar-refractivity contribution >= 4 is 0 Å². The highest BCUT2D eigenvalue weighted by atomic mass is 19.4. The van der Waals surface area contributed by atoms with Crippen LogP contribution >= 0.6 is 0 Å². The van der Waals surface area contributed by atoms with E-state index in [4.69, 9.17) is 5.73 Å². The van der Waals surface area contributed by atoms with E-state index < -0.39 is 12.2 Å². The maximum atomic E-state index is 11.8. The Hall–Kier alpha value is -0.250. The van der Waals surface area contributed by atoms with Crippen molar-refractivity contribution in [3.63, 3.8) is 0 Å². The van der Waals surface area contributed by atoms with Crippen molar-refractivity contribution in [2.45, 2.75) is 31.5 Å². The number of alkyl halides is 3. The molecule has 1 fully saturated rings. The molecule has 1 aliphatic rings. The third-order valence-corrected chi connectivity index (χ3v) is 2.04. The van der Waals surface area contributed by atoms with Gasteiger partial charge >= 0.3 is 6.18 Å². The summed E-state index contributed by atoms with van der Waals surface area (Å²) in [6.07, 6.45) is -2.01. The zero-order chi connectivity index (χ0) is 7.78. The van der Waals surface area contributed by atoms with E-state index in [2.05, 4.69) is 0 Å². The molecule has 0 amide bonds. The number of hydrogen-bond acceptors (Lipinski definition) is 1. The van der Waals surface area contributed by atoms with Gasteiger partial charge in [0.05, 0.1) is 0 Å². The van der Waals surface area contributed by atoms with Crippen LogP contribution in [-0.4, -0.2) is 12.2 Å². The fourth-order valence-electron chi connectivity index (χ4n) is 1.07. The minimum absolute atomic E-state index is 0.306. The summed E-state index contributed by atoms with van der Waals surface area (Å²) in [7, 11) is 0. The molecule has 1 saturated carbocycles. The Balaban J connectivity index is 2.39. The van der Waals surface area contributed by atoms with Gasteiger partial charge in [-0.1, -0.05) is 6.42 Å². The van der Waals surface area contributed by atoms with E-state index in [1.807, 2.05) is 0 Å². The molecule has 0 aliphatic heterocycles. The molecule has 0 bridgehead atoms. The van der Waals surface area contributed by atoms with E-state index >= 15 is 0 Å². The molecule has 0 heterocycles. The largest absolute Gasteiger partial charge is 0.403 e. The highest BCUT2D eigenvalue weighted by molar-refractivity contribution is 4.84. The highest BCUT2D eigenvalue weighted by Crippen LogP contribution is 2.35. The number of rotatable bonds is 1. The normalized spacial score (nSPS) is 24.0. The molecule has 0 aromatic rings. The van der Waals surface area contributed by atoms with Crippen LogP contribution in [0.1, 0.15) is 19.3 Å². The molecule has 0 saturated heterocycles. The molecule has 0 aromatic carbocycles. The Bertz CT molecular complexity index is 117. The quantitative estimate of drug-likeness (QED) is 0.609. The SMILES string of the molecule is NC(C1CCC1)C(F)(F)F. The lowest BCUT2D eigenvalue weighted by Gasteiger charge is -2.32. The van der Waals surface area contributed by atoms with Crippen molar-refractivity contribution in [3.8, 4) is 0 Å². The number of halogens is 3. The molecule has 1 rings (SSSR count). The smallest absolute Gasteiger partial charge is 0.320 e. The van der Waals surface area contributed by atoms with Crippen LogP contribution in [0.2, 0.25) is 0 Å². The van der Waals surface area contributed by atoms with Gasteiger partial charge in [0.25, 0.3) is 0 Å². The first-order valence-corrected chi connectivity index (χ1v) is 3.34. The van der Waals surface area contributed by atoms with Gasteiger partial charge in [-0.2, -0.15) is 13.2 Å². The Morgan fingerprint density at radius 2 is 1.80 bits per heavy atom. The summed E-state index contributed by atoms with van der Waals surface area (Å²) in [5, 5.41) is 0. The molecule has 1 unspecified atom stereocenters. The molecule has 0 aromatic heterocycles. The first kappa shape index (κ1) is 7.85. The molecule has 1 aliphatic carbocycles. The van der Waals surface area contributed by atoms with Gasteiger partial charge in [0, 0.05) is 0 Å². The lowest BCUT2D eigenvalue weighted by Crippen LogP contribution is -2.46. The monoisotopic (exact) mass is 153 g/mol. The molecule has 2 N–H and O–H groups in total. The minimum Gasteiger partial charge on any atom is -0.320 e. The van der Waals surface area contributed by atoms with Crippen molar-refractivity contribution in [3.05, 3.63) is 0 Å². The van der Waals surface area contributed by atoms with Gasteiger partial charge in [0.2, 0.25) is 0 Å². The van der Waals surface area contributed by atoms with Crippen molar-refractivity contribution in [2.75, 3.05) is 0 Å². The summed E-state index contributed by atoms with van der Waals surface area (Å²) in [6, 6.07) is -1.58. The number of nitrogens with two attached hydrogens (primary N) is 1. The molecule has 10 heavy (non-hydrogen) atoms. The maximum Gasteiger partial charge on any atom is 0.403 e. The fourth-order valence-corrected chi connectivity index (χ4v) is 1.07. The first-order valence-electron chi connectivity index (χ1n) is 3.34. The Morgan fingerprint density at radius 3 is 1.90 bits per heavy atom. The van der Waals surface area contributed by atoms with Crippen molar-refractivity contribution in [1.29, 1.82) is 0 Å². The van der Waals surface area contributed by atoms with Gasteiger partial charge in [-0.15, -0.1) is 0 Å². The van der Waals surface area contributed by atoms with Crippen LogP contribution in [0.15, 0.2) is 0 Å². The predicted molar refractivity (Wildman–Crippen MR) is 31.4 cm³/mol. The number of hydrogen-bond donors (Lipinski definition) is 1. The average molecular weight is 153 g/mol. The summed E-state index contributed by atoms with van der Waals surface area (Å²) < 4.78 is 35.4. The molecule has 1 atom stereocenters. The van der Waals surface area contributed by atoms with E-state index in [1.165, 1.54) is 0 Å². The summed E-state index contributed by atoms with van der Waals surface area (Å²) in [6.45, 7) is 0.